The van der Waals surface area contributed by atoms with Crippen LogP contribution < -0.4 is 10.2 Å². The predicted octanol–water partition coefficient (Wildman–Crippen LogP) is 3.37. The molecule has 0 N–H and O–H groups in total. The summed E-state index contributed by atoms with van der Waals surface area (Å²) in [5.41, 5.74) is -1.61. The molecule has 2 fully saturated rings. The number of ether oxygens (including phenoxy) is 1. The molecule has 29 heavy (non-hydrogen) atoms. The Labute approximate surface area is 165 Å². The third-order valence-electron chi connectivity index (χ3n) is 5.44. The number of alkyl halides is 5. The van der Waals surface area contributed by atoms with E-state index in [1.54, 1.807) is 27.7 Å². The van der Waals surface area contributed by atoms with Crippen LogP contribution in [0.2, 0.25) is 0 Å². The zero-order chi connectivity index (χ0) is 21.8. The van der Waals surface area contributed by atoms with Crippen molar-refractivity contribution >= 4 is 18.5 Å². The van der Waals surface area contributed by atoms with Crippen LogP contribution in [0.15, 0.2) is 18.2 Å². The van der Waals surface area contributed by atoms with E-state index in [1.807, 2.05) is 0 Å². The first-order valence-electron chi connectivity index (χ1n) is 9.03. The SMILES string of the molecule is CC1(C)OB(c2ccc(OC(F)(F)F)c(C(=O)N3CCC(F)(F)C3)c2)OC1(C)C. The van der Waals surface area contributed by atoms with Gasteiger partial charge in [-0.1, -0.05) is 6.07 Å². The second-order valence-corrected chi connectivity index (χ2v) is 8.22. The van der Waals surface area contributed by atoms with Gasteiger partial charge in [-0.3, -0.25) is 4.79 Å². The summed E-state index contributed by atoms with van der Waals surface area (Å²) in [5, 5.41) is 0. The van der Waals surface area contributed by atoms with Gasteiger partial charge in [0.05, 0.1) is 23.3 Å². The summed E-state index contributed by atoms with van der Waals surface area (Å²) in [7, 11) is -0.938. The molecule has 0 unspecified atom stereocenters. The van der Waals surface area contributed by atoms with Gasteiger partial charge in [-0.25, -0.2) is 8.78 Å². The maximum atomic E-state index is 13.5. The third kappa shape index (κ3) is 4.50. The minimum atomic E-state index is -5.05. The number of hydrogen-bond donors (Lipinski definition) is 0. The number of hydrogen-bond acceptors (Lipinski definition) is 4. The summed E-state index contributed by atoms with van der Waals surface area (Å²) in [6.07, 6.45) is -5.60. The Bertz CT molecular complexity index is 796. The number of carbonyl (C=O) groups excluding carboxylic acids is 1. The van der Waals surface area contributed by atoms with Gasteiger partial charge in [0, 0.05) is 13.0 Å². The molecular weight excluding hydrogens is 400 g/mol. The van der Waals surface area contributed by atoms with Crippen molar-refractivity contribution in [2.75, 3.05) is 13.1 Å². The highest BCUT2D eigenvalue weighted by Gasteiger charge is 2.52. The monoisotopic (exact) mass is 421 g/mol. The fraction of sp³-hybridized carbons (Fsp3) is 0.611. The molecule has 3 rings (SSSR count). The lowest BCUT2D eigenvalue weighted by atomic mass is 9.78. The Balaban J connectivity index is 1.96. The average molecular weight is 421 g/mol. The molecule has 11 heteroatoms. The molecule has 0 aliphatic carbocycles. The molecule has 0 bridgehead atoms. The standard InChI is InChI=1S/C18H21BF5NO4/c1-15(2)16(3,4)29-19(28-15)11-5-6-13(27-18(22,23)24)12(9-11)14(26)25-8-7-17(20,21)10-25/h5-6,9H,7-8,10H2,1-4H3. The predicted molar refractivity (Wildman–Crippen MR) is 94.3 cm³/mol. The molecule has 0 aromatic heterocycles. The Kier molecular flexibility index (Phi) is 5.14. The average Bonchev–Trinajstić information content (AvgIpc) is 3.01. The van der Waals surface area contributed by atoms with Crippen molar-refractivity contribution in [1.82, 2.24) is 4.90 Å². The van der Waals surface area contributed by atoms with E-state index in [1.165, 1.54) is 6.07 Å². The third-order valence-corrected chi connectivity index (χ3v) is 5.44. The lowest BCUT2D eigenvalue weighted by Crippen LogP contribution is -2.41. The highest BCUT2D eigenvalue weighted by atomic mass is 19.4. The lowest BCUT2D eigenvalue weighted by Gasteiger charge is -2.32. The molecule has 2 aliphatic rings. The van der Waals surface area contributed by atoms with E-state index in [9.17, 15) is 26.7 Å². The second-order valence-electron chi connectivity index (χ2n) is 8.22. The van der Waals surface area contributed by atoms with E-state index in [4.69, 9.17) is 9.31 Å². The summed E-state index contributed by atoms with van der Waals surface area (Å²) in [6.45, 7) is 6.06. The fourth-order valence-corrected chi connectivity index (χ4v) is 3.13. The van der Waals surface area contributed by atoms with Gasteiger partial charge in [0.25, 0.3) is 11.8 Å². The topological polar surface area (TPSA) is 48.0 Å². The minimum absolute atomic E-state index is 0.266. The summed E-state index contributed by atoms with van der Waals surface area (Å²) in [6, 6.07) is 3.40. The van der Waals surface area contributed by atoms with Gasteiger partial charge < -0.3 is 18.9 Å². The smallest absolute Gasteiger partial charge is 0.405 e. The van der Waals surface area contributed by atoms with Crippen LogP contribution in [-0.2, 0) is 9.31 Å². The second kappa shape index (κ2) is 6.83. The fourth-order valence-electron chi connectivity index (χ4n) is 3.13. The van der Waals surface area contributed by atoms with Gasteiger partial charge in [0.2, 0.25) is 0 Å². The molecule has 1 aromatic rings. The van der Waals surface area contributed by atoms with Crippen LogP contribution in [0.1, 0.15) is 44.5 Å². The summed E-state index contributed by atoms with van der Waals surface area (Å²) >= 11 is 0. The summed E-state index contributed by atoms with van der Waals surface area (Å²) in [5.74, 6) is -4.82. The molecule has 1 amide bonds. The van der Waals surface area contributed by atoms with Crippen LogP contribution in [0.5, 0.6) is 5.75 Å². The molecule has 0 saturated carbocycles. The van der Waals surface area contributed by atoms with Crippen molar-refractivity contribution in [2.24, 2.45) is 0 Å². The largest absolute Gasteiger partial charge is 0.573 e. The molecule has 2 saturated heterocycles. The number of nitrogens with zero attached hydrogens (tertiary/aromatic N) is 1. The number of benzene rings is 1. The number of rotatable bonds is 3. The van der Waals surface area contributed by atoms with Crippen molar-refractivity contribution in [2.45, 2.75) is 57.6 Å². The Morgan fingerprint density at radius 2 is 1.72 bits per heavy atom. The first-order chi connectivity index (χ1) is 13.1. The minimum Gasteiger partial charge on any atom is -0.405 e. The molecule has 2 heterocycles. The first kappa shape index (κ1) is 21.8. The summed E-state index contributed by atoms with van der Waals surface area (Å²) < 4.78 is 81.0. The van der Waals surface area contributed by atoms with Gasteiger partial charge in [0.1, 0.15) is 5.75 Å². The van der Waals surface area contributed by atoms with Crippen LogP contribution in [-0.4, -0.2) is 54.5 Å². The van der Waals surface area contributed by atoms with E-state index in [2.05, 4.69) is 4.74 Å². The van der Waals surface area contributed by atoms with Crippen LogP contribution >= 0.6 is 0 Å². The molecule has 0 atom stereocenters. The lowest BCUT2D eigenvalue weighted by molar-refractivity contribution is -0.274. The van der Waals surface area contributed by atoms with E-state index in [-0.39, 0.29) is 12.0 Å². The molecule has 160 valence electrons. The van der Waals surface area contributed by atoms with Crippen LogP contribution in [0.4, 0.5) is 22.0 Å². The van der Waals surface area contributed by atoms with Crippen LogP contribution in [0, 0.1) is 0 Å². The van der Waals surface area contributed by atoms with E-state index >= 15 is 0 Å². The van der Waals surface area contributed by atoms with Gasteiger partial charge in [0.15, 0.2) is 0 Å². The zero-order valence-corrected chi connectivity index (χ0v) is 16.4. The Hall–Kier alpha value is -1.88. The van der Waals surface area contributed by atoms with E-state index in [0.717, 1.165) is 17.0 Å². The van der Waals surface area contributed by atoms with Crippen LogP contribution in [0.3, 0.4) is 0 Å². The van der Waals surface area contributed by atoms with Crippen molar-refractivity contribution < 1.29 is 40.8 Å². The van der Waals surface area contributed by atoms with Gasteiger partial charge >= 0.3 is 13.5 Å². The molecule has 1 aromatic carbocycles. The maximum Gasteiger partial charge on any atom is 0.573 e. The molecule has 5 nitrogen and oxygen atoms in total. The number of amides is 1. The van der Waals surface area contributed by atoms with Crippen molar-refractivity contribution in [3.05, 3.63) is 23.8 Å². The molecule has 2 aliphatic heterocycles. The first-order valence-corrected chi connectivity index (χ1v) is 9.03. The quantitative estimate of drug-likeness (QED) is 0.555. The molecular formula is C18H21BF5NO4. The Morgan fingerprint density at radius 1 is 1.14 bits per heavy atom. The molecule has 0 radical (unpaired) electrons. The zero-order valence-electron chi connectivity index (χ0n) is 16.4. The van der Waals surface area contributed by atoms with E-state index in [0.29, 0.717) is 0 Å². The van der Waals surface area contributed by atoms with Crippen molar-refractivity contribution in [3.8, 4) is 5.75 Å². The highest BCUT2D eigenvalue weighted by Crippen LogP contribution is 2.37. The van der Waals surface area contributed by atoms with Crippen molar-refractivity contribution in [3.63, 3.8) is 0 Å². The number of likely N-dealkylation sites (tertiary alicyclic amines) is 1. The van der Waals surface area contributed by atoms with Crippen molar-refractivity contribution in [1.29, 1.82) is 0 Å². The Morgan fingerprint density at radius 3 is 2.21 bits per heavy atom. The summed E-state index contributed by atoms with van der Waals surface area (Å²) in [4.78, 5) is 13.5. The highest BCUT2D eigenvalue weighted by molar-refractivity contribution is 6.62. The number of halogens is 5. The van der Waals surface area contributed by atoms with E-state index < -0.39 is 60.8 Å². The normalized spacial score (nSPS) is 22.8. The maximum absolute atomic E-state index is 13.5. The molecule has 0 spiro atoms. The van der Waals surface area contributed by atoms with Gasteiger partial charge in [-0.15, -0.1) is 13.2 Å². The number of carbonyl (C=O) groups is 1. The van der Waals surface area contributed by atoms with Gasteiger partial charge in [-0.2, -0.15) is 0 Å². The van der Waals surface area contributed by atoms with Gasteiger partial charge in [-0.05, 0) is 45.3 Å². The van der Waals surface area contributed by atoms with Crippen LogP contribution in [0.25, 0.3) is 0 Å².